The van der Waals surface area contributed by atoms with Gasteiger partial charge in [0.1, 0.15) is 5.82 Å². The van der Waals surface area contributed by atoms with Crippen LogP contribution in [0.4, 0.5) is 10.1 Å². The van der Waals surface area contributed by atoms with Crippen molar-refractivity contribution in [2.24, 2.45) is 0 Å². The van der Waals surface area contributed by atoms with E-state index in [4.69, 9.17) is 4.74 Å². The molecule has 2 rings (SSSR count). The summed E-state index contributed by atoms with van der Waals surface area (Å²) in [7, 11) is 0. The van der Waals surface area contributed by atoms with Crippen LogP contribution in [-0.2, 0) is 0 Å². The Morgan fingerprint density at radius 3 is 2.68 bits per heavy atom. The number of nitrogens with zero attached hydrogens (tertiary/aromatic N) is 2. The van der Waals surface area contributed by atoms with Gasteiger partial charge < -0.3 is 10.1 Å². The average molecular weight is 261 g/mol. The van der Waals surface area contributed by atoms with Gasteiger partial charge in [-0.1, -0.05) is 12.1 Å². The van der Waals surface area contributed by atoms with Crippen LogP contribution in [0.5, 0.6) is 5.88 Å². The third kappa shape index (κ3) is 3.25. The van der Waals surface area contributed by atoms with Gasteiger partial charge in [-0.3, -0.25) is 4.79 Å². The number of anilines is 1. The lowest BCUT2D eigenvalue weighted by Gasteiger charge is -2.05. The Hall–Kier alpha value is -2.50. The second-order valence-electron chi connectivity index (χ2n) is 3.62. The van der Waals surface area contributed by atoms with Crippen molar-refractivity contribution < 1.29 is 13.9 Å². The Morgan fingerprint density at radius 1 is 1.26 bits per heavy atom. The molecule has 1 amide bonds. The van der Waals surface area contributed by atoms with E-state index in [-0.39, 0.29) is 11.4 Å². The number of amides is 1. The molecule has 0 unspecified atom stereocenters. The molecule has 0 aliphatic heterocycles. The molecule has 0 saturated heterocycles. The number of hydrogen-bond donors (Lipinski definition) is 1. The Labute approximate surface area is 109 Å². The van der Waals surface area contributed by atoms with Crippen LogP contribution in [-0.4, -0.2) is 22.7 Å². The highest BCUT2D eigenvalue weighted by atomic mass is 19.1. The maximum atomic E-state index is 13.4. The summed E-state index contributed by atoms with van der Waals surface area (Å²) in [5.41, 5.74) is 0.190. The summed E-state index contributed by atoms with van der Waals surface area (Å²) in [5, 5.41) is 9.86. The van der Waals surface area contributed by atoms with Gasteiger partial charge in [0, 0.05) is 6.07 Å². The fraction of sp³-hybridized carbons (Fsp3) is 0.154. The van der Waals surface area contributed by atoms with E-state index in [9.17, 15) is 9.18 Å². The number of ether oxygens (including phenoxy) is 1. The summed E-state index contributed by atoms with van der Waals surface area (Å²) in [6.45, 7) is 2.29. The fourth-order valence-electron chi connectivity index (χ4n) is 1.41. The van der Waals surface area contributed by atoms with E-state index in [0.29, 0.717) is 12.5 Å². The Morgan fingerprint density at radius 2 is 2.05 bits per heavy atom. The van der Waals surface area contributed by atoms with E-state index in [2.05, 4.69) is 15.5 Å². The first-order valence-electron chi connectivity index (χ1n) is 5.73. The maximum absolute atomic E-state index is 13.4. The number of halogens is 1. The molecule has 0 saturated carbocycles. The Kier molecular flexibility index (Phi) is 4.02. The molecular weight excluding hydrogens is 249 g/mol. The summed E-state index contributed by atoms with van der Waals surface area (Å²) in [6, 6.07) is 8.90. The van der Waals surface area contributed by atoms with Crippen molar-refractivity contribution in [1.29, 1.82) is 0 Å². The molecule has 0 aliphatic rings. The monoisotopic (exact) mass is 261 g/mol. The van der Waals surface area contributed by atoms with Crippen LogP contribution in [0.2, 0.25) is 0 Å². The summed E-state index contributed by atoms with van der Waals surface area (Å²) >= 11 is 0. The zero-order valence-electron chi connectivity index (χ0n) is 10.3. The molecule has 1 N–H and O–H groups in total. The fourth-order valence-corrected chi connectivity index (χ4v) is 1.41. The number of carbonyl (C=O) groups excluding carboxylic acids is 1. The van der Waals surface area contributed by atoms with Crippen molar-refractivity contribution in [3.8, 4) is 5.88 Å². The third-order valence-corrected chi connectivity index (χ3v) is 2.29. The minimum absolute atomic E-state index is 0.0895. The highest BCUT2D eigenvalue weighted by molar-refractivity contribution is 6.02. The quantitative estimate of drug-likeness (QED) is 0.917. The van der Waals surface area contributed by atoms with Crippen LogP contribution in [0.3, 0.4) is 0 Å². The first-order valence-corrected chi connectivity index (χ1v) is 5.73. The van der Waals surface area contributed by atoms with Gasteiger partial charge in [-0.25, -0.2) is 4.39 Å². The molecule has 1 heterocycles. The van der Waals surface area contributed by atoms with Gasteiger partial charge in [0.15, 0.2) is 5.69 Å². The molecule has 0 bridgehead atoms. The summed E-state index contributed by atoms with van der Waals surface area (Å²) < 4.78 is 18.5. The molecule has 2 aromatic rings. The van der Waals surface area contributed by atoms with E-state index < -0.39 is 11.7 Å². The smallest absolute Gasteiger partial charge is 0.276 e. The predicted octanol–water partition coefficient (Wildman–Crippen LogP) is 2.27. The first kappa shape index (κ1) is 12.9. The van der Waals surface area contributed by atoms with Crippen LogP contribution in [0.25, 0.3) is 0 Å². The minimum Gasteiger partial charge on any atom is -0.477 e. The van der Waals surface area contributed by atoms with E-state index in [1.165, 1.54) is 24.3 Å². The van der Waals surface area contributed by atoms with Gasteiger partial charge in [0.25, 0.3) is 5.91 Å². The number of nitrogens with one attached hydrogen (secondary N) is 1. The number of benzene rings is 1. The largest absolute Gasteiger partial charge is 0.477 e. The minimum atomic E-state index is -0.527. The van der Waals surface area contributed by atoms with Crippen molar-refractivity contribution >= 4 is 11.6 Å². The number of aromatic nitrogens is 2. The molecular formula is C13H12FN3O2. The van der Waals surface area contributed by atoms with Crippen molar-refractivity contribution in [2.75, 3.05) is 11.9 Å². The van der Waals surface area contributed by atoms with E-state index in [1.54, 1.807) is 12.1 Å². The number of rotatable bonds is 4. The predicted molar refractivity (Wildman–Crippen MR) is 67.6 cm³/mol. The van der Waals surface area contributed by atoms with Crippen molar-refractivity contribution in [2.45, 2.75) is 6.92 Å². The lowest BCUT2D eigenvalue weighted by molar-refractivity contribution is 0.102. The molecule has 0 aliphatic carbocycles. The molecule has 5 nitrogen and oxygen atoms in total. The van der Waals surface area contributed by atoms with E-state index in [1.807, 2.05) is 6.92 Å². The lowest BCUT2D eigenvalue weighted by atomic mass is 10.3. The molecule has 6 heteroatoms. The van der Waals surface area contributed by atoms with Crippen molar-refractivity contribution in [1.82, 2.24) is 10.2 Å². The Bertz CT molecular complexity index is 572. The summed E-state index contributed by atoms with van der Waals surface area (Å²) in [6.07, 6.45) is 0. The standard InChI is InChI=1S/C13H12FN3O2/c1-2-19-12-8-7-11(16-17-12)13(18)15-10-6-4-3-5-9(10)14/h3-8H,2H2,1H3,(H,15,18). The molecule has 0 fully saturated rings. The number of hydrogen-bond acceptors (Lipinski definition) is 4. The van der Waals surface area contributed by atoms with Gasteiger partial charge in [-0.15, -0.1) is 10.2 Å². The average Bonchev–Trinajstić information content (AvgIpc) is 2.42. The number of carbonyl (C=O) groups is 1. The molecule has 0 radical (unpaired) electrons. The molecule has 98 valence electrons. The van der Waals surface area contributed by atoms with Crippen LogP contribution in [0.15, 0.2) is 36.4 Å². The van der Waals surface area contributed by atoms with Gasteiger partial charge in [0.05, 0.1) is 12.3 Å². The lowest BCUT2D eigenvalue weighted by Crippen LogP contribution is -2.15. The summed E-state index contributed by atoms with van der Waals surface area (Å²) in [4.78, 5) is 11.8. The molecule has 1 aromatic heterocycles. The van der Waals surface area contributed by atoms with Gasteiger partial charge in [0.2, 0.25) is 5.88 Å². The van der Waals surface area contributed by atoms with Crippen LogP contribution >= 0.6 is 0 Å². The van der Waals surface area contributed by atoms with Crippen LogP contribution in [0, 0.1) is 5.82 Å². The SMILES string of the molecule is CCOc1ccc(C(=O)Nc2ccccc2F)nn1. The molecule has 0 atom stereocenters. The maximum Gasteiger partial charge on any atom is 0.276 e. The van der Waals surface area contributed by atoms with Crippen molar-refractivity contribution in [3.05, 3.63) is 47.9 Å². The normalized spacial score (nSPS) is 10.0. The molecule has 0 spiro atoms. The second kappa shape index (κ2) is 5.90. The Balaban J connectivity index is 2.10. The van der Waals surface area contributed by atoms with Crippen molar-refractivity contribution in [3.63, 3.8) is 0 Å². The highest BCUT2D eigenvalue weighted by Crippen LogP contribution is 2.13. The van der Waals surface area contributed by atoms with Crippen LogP contribution in [0.1, 0.15) is 17.4 Å². The van der Waals surface area contributed by atoms with E-state index in [0.717, 1.165) is 0 Å². The van der Waals surface area contributed by atoms with E-state index >= 15 is 0 Å². The third-order valence-electron chi connectivity index (χ3n) is 2.29. The highest BCUT2D eigenvalue weighted by Gasteiger charge is 2.11. The van der Waals surface area contributed by atoms with Gasteiger partial charge >= 0.3 is 0 Å². The molecule has 1 aromatic carbocycles. The van der Waals surface area contributed by atoms with Gasteiger partial charge in [-0.2, -0.15) is 0 Å². The van der Waals surface area contributed by atoms with Crippen LogP contribution < -0.4 is 10.1 Å². The number of para-hydroxylation sites is 1. The van der Waals surface area contributed by atoms with Gasteiger partial charge in [-0.05, 0) is 25.1 Å². The second-order valence-corrected chi connectivity index (χ2v) is 3.62. The summed E-state index contributed by atoms with van der Waals surface area (Å²) in [5.74, 6) is -0.694. The zero-order chi connectivity index (χ0) is 13.7. The first-order chi connectivity index (χ1) is 9.20. The molecule has 19 heavy (non-hydrogen) atoms. The zero-order valence-corrected chi connectivity index (χ0v) is 10.3. The topological polar surface area (TPSA) is 64.1 Å².